The number of para-hydroxylation sites is 1. The van der Waals surface area contributed by atoms with Crippen LogP contribution in [0.25, 0.3) is 10.9 Å². The van der Waals surface area contributed by atoms with Crippen molar-refractivity contribution in [3.63, 3.8) is 0 Å². The highest BCUT2D eigenvalue weighted by atomic mass is 16.3. The van der Waals surface area contributed by atoms with E-state index >= 15 is 0 Å². The van der Waals surface area contributed by atoms with Crippen LogP contribution in [0.5, 0.6) is 0 Å². The molecule has 0 aliphatic carbocycles. The molecule has 4 heteroatoms. The first-order valence-electron chi connectivity index (χ1n) is 7.11. The summed E-state index contributed by atoms with van der Waals surface area (Å²) in [6.45, 7) is 4.65. The number of hydrogen-bond donors (Lipinski definition) is 3. The average molecular weight is 274 g/mol. The lowest BCUT2D eigenvalue weighted by atomic mass is 9.83. The Labute approximate surface area is 119 Å². The lowest BCUT2D eigenvalue weighted by Crippen LogP contribution is -2.39. The van der Waals surface area contributed by atoms with Gasteiger partial charge in [-0.05, 0) is 25.0 Å². The Balaban J connectivity index is 2.08. The maximum absolute atomic E-state index is 12.2. The van der Waals surface area contributed by atoms with Crippen LogP contribution in [0.15, 0.2) is 30.3 Å². The summed E-state index contributed by atoms with van der Waals surface area (Å²) in [6.07, 6.45) is 1.68. The minimum Gasteiger partial charge on any atom is -0.396 e. The molecule has 1 amide bonds. The minimum absolute atomic E-state index is 0.0903. The smallest absolute Gasteiger partial charge is 0.267 e. The minimum atomic E-state index is -0.221. The molecular formula is C16H22N2O2. The van der Waals surface area contributed by atoms with Gasteiger partial charge < -0.3 is 15.4 Å². The predicted molar refractivity (Wildman–Crippen MR) is 80.7 cm³/mol. The molecule has 108 valence electrons. The summed E-state index contributed by atoms with van der Waals surface area (Å²) in [4.78, 5) is 15.3. The van der Waals surface area contributed by atoms with Crippen LogP contribution in [0.1, 0.15) is 37.2 Å². The van der Waals surface area contributed by atoms with Crippen molar-refractivity contribution in [1.82, 2.24) is 10.3 Å². The summed E-state index contributed by atoms with van der Waals surface area (Å²) in [5.74, 6) is -0.124. The first-order valence-corrected chi connectivity index (χ1v) is 7.11. The second kappa shape index (κ2) is 6.09. The Hall–Kier alpha value is -1.81. The number of H-pyrrole nitrogens is 1. The fourth-order valence-electron chi connectivity index (χ4n) is 2.34. The van der Waals surface area contributed by atoms with Crippen molar-refractivity contribution in [2.45, 2.75) is 26.7 Å². The summed E-state index contributed by atoms with van der Waals surface area (Å²) in [6, 6.07) is 9.65. The molecule has 0 fully saturated rings. The van der Waals surface area contributed by atoms with Crippen LogP contribution < -0.4 is 5.32 Å². The molecule has 20 heavy (non-hydrogen) atoms. The monoisotopic (exact) mass is 274 g/mol. The average Bonchev–Trinajstić information content (AvgIpc) is 2.93. The number of rotatable bonds is 6. The number of carbonyl (C=O) groups excluding carboxylic acids is 1. The molecule has 1 aromatic heterocycles. The Morgan fingerprint density at radius 2 is 2.00 bits per heavy atom. The second-order valence-electron chi connectivity index (χ2n) is 5.32. The number of amides is 1. The number of carbonyl (C=O) groups is 1. The van der Waals surface area contributed by atoms with Gasteiger partial charge in [-0.3, -0.25) is 4.79 Å². The van der Waals surface area contributed by atoms with Gasteiger partial charge in [-0.2, -0.15) is 0 Å². The molecular weight excluding hydrogens is 252 g/mol. The Morgan fingerprint density at radius 3 is 2.60 bits per heavy atom. The molecule has 0 spiro atoms. The highest BCUT2D eigenvalue weighted by molar-refractivity contribution is 5.97. The zero-order valence-corrected chi connectivity index (χ0v) is 12.1. The largest absolute Gasteiger partial charge is 0.396 e. The predicted octanol–water partition coefficient (Wildman–Crippen LogP) is 2.70. The molecule has 0 radical (unpaired) electrons. The number of fused-ring (bicyclic) bond motifs is 1. The summed E-state index contributed by atoms with van der Waals surface area (Å²) in [5, 5.41) is 13.5. The molecule has 0 aliphatic heterocycles. The van der Waals surface area contributed by atoms with E-state index in [0.717, 1.165) is 23.7 Å². The lowest BCUT2D eigenvalue weighted by Gasteiger charge is -2.29. The number of aliphatic hydroxyl groups is 1. The van der Waals surface area contributed by atoms with Crippen LogP contribution in [-0.4, -0.2) is 29.1 Å². The van der Waals surface area contributed by atoms with Gasteiger partial charge in [0.2, 0.25) is 0 Å². The maximum atomic E-state index is 12.2. The number of aromatic nitrogens is 1. The van der Waals surface area contributed by atoms with Crippen molar-refractivity contribution in [2.24, 2.45) is 5.41 Å². The lowest BCUT2D eigenvalue weighted by molar-refractivity contribution is 0.0847. The van der Waals surface area contributed by atoms with Crippen molar-refractivity contribution in [1.29, 1.82) is 0 Å². The van der Waals surface area contributed by atoms with Gasteiger partial charge in [0.15, 0.2) is 0 Å². The standard InChI is InChI=1S/C16H22N2O2/c1-3-16(4-2,11-19)10-17-15(20)14-9-12-7-5-6-8-13(12)18-14/h5-9,18-19H,3-4,10-11H2,1-2H3,(H,17,20). The zero-order valence-electron chi connectivity index (χ0n) is 12.1. The number of benzene rings is 1. The van der Waals surface area contributed by atoms with Crippen LogP contribution in [-0.2, 0) is 0 Å². The van der Waals surface area contributed by atoms with Gasteiger partial charge in [0, 0.05) is 22.9 Å². The maximum Gasteiger partial charge on any atom is 0.267 e. The van der Waals surface area contributed by atoms with E-state index in [1.54, 1.807) is 0 Å². The fraction of sp³-hybridized carbons (Fsp3) is 0.438. The van der Waals surface area contributed by atoms with E-state index in [1.807, 2.05) is 44.2 Å². The molecule has 0 saturated carbocycles. The van der Waals surface area contributed by atoms with Crippen molar-refractivity contribution < 1.29 is 9.90 Å². The normalized spacial score (nSPS) is 11.8. The van der Waals surface area contributed by atoms with Crippen molar-refractivity contribution in [2.75, 3.05) is 13.2 Å². The number of aromatic amines is 1. The third kappa shape index (κ3) is 2.85. The summed E-state index contributed by atoms with van der Waals surface area (Å²) in [5.41, 5.74) is 1.30. The van der Waals surface area contributed by atoms with E-state index in [9.17, 15) is 9.90 Å². The van der Waals surface area contributed by atoms with Crippen LogP contribution in [0.3, 0.4) is 0 Å². The molecule has 2 aromatic rings. The topological polar surface area (TPSA) is 65.1 Å². The third-order valence-electron chi connectivity index (χ3n) is 4.23. The van der Waals surface area contributed by atoms with E-state index in [2.05, 4.69) is 10.3 Å². The molecule has 4 nitrogen and oxygen atoms in total. The van der Waals surface area contributed by atoms with Gasteiger partial charge in [-0.15, -0.1) is 0 Å². The molecule has 0 unspecified atom stereocenters. The van der Waals surface area contributed by atoms with E-state index in [-0.39, 0.29) is 17.9 Å². The van der Waals surface area contributed by atoms with Crippen LogP contribution >= 0.6 is 0 Å². The van der Waals surface area contributed by atoms with Crippen molar-refractivity contribution in [3.8, 4) is 0 Å². The fourth-order valence-corrected chi connectivity index (χ4v) is 2.34. The third-order valence-corrected chi connectivity index (χ3v) is 4.23. The molecule has 1 heterocycles. The quantitative estimate of drug-likeness (QED) is 0.758. The summed E-state index contributed by atoms with van der Waals surface area (Å²) in [7, 11) is 0. The van der Waals surface area contributed by atoms with E-state index in [0.29, 0.717) is 12.2 Å². The highest BCUT2D eigenvalue weighted by Gasteiger charge is 2.26. The molecule has 1 aromatic carbocycles. The molecule has 0 saturated heterocycles. The van der Waals surface area contributed by atoms with Gasteiger partial charge in [0.1, 0.15) is 5.69 Å². The van der Waals surface area contributed by atoms with Gasteiger partial charge in [0.05, 0.1) is 6.61 Å². The summed E-state index contributed by atoms with van der Waals surface area (Å²) >= 11 is 0. The Kier molecular flexibility index (Phi) is 4.45. The number of aliphatic hydroxyl groups excluding tert-OH is 1. The highest BCUT2D eigenvalue weighted by Crippen LogP contribution is 2.24. The van der Waals surface area contributed by atoms with E-state index < -0.39 is 0 Å². The van der Waals surface area contributed by atoms with Crippen molar-refractivity contribution in [3.05, 3.63) is 36.0 Å². The van der Waals surface area contributed by atoms with E-state index in [4.69, 9.17) is 0 Å². The number of hydrogen-bond acceptors (Lipinski definition) is 2. The SMILES string of the molecule is CCC(CC)(CO)CNC(=O)c1cc2ccccc2[nH]1. The van der Waals surface area contributed by atoms with Crippen LogP contribution in [0, 0.1) is 5.41 Å². The Morgan fingerprint density at radius 1 is 1.30 bits per heavy atom. The van der Waals surface area contributed by atoms with E-state index in [1.165, 1.54) is 0 Å². The molecule has 0 bridgehead atoms. The zero-order chi connectivity index (χ0) is 14.6. The molecule has 2 rings (SSSR count). The van der Waals surface area contributed by atoms with Gasteiger partial charge >= 0.3 is 0 Å². The number of nitrogens with one attached hydrogen (secondary N) is 2. The van der Waals surface area contributed by atoms with Crippen LogP contribution in [0.4, 0.5) is 0 Å². The van der Waals surface area contributed by atoms with Gasteiger partial charge in [-0.1, -0.05) is 32.0 Å². The molecule has 0 aliphatic rings. The second-order valence-corrected chi connectivity index (χ2v) is 5.32. The Bertz CT molecular complexity index is 544. The van der Waals surface area contributed by atoms with Crippen molar-refractivity contribution >= 4 is 16.8 Å². The van der Waals surface area contributed by atoms with Gasteiger partial charge in [-0.25, -0.2) is 0 Å². The first-order chi connectivity index (χ1) is 9.64. The molecule has 0 atom stereocenters. The molecule has 3 N–H and O–H groups in total. The summed E-state index contributed by atoms with van der Waals surface area (Å²) < 4.78 is 0. The van der Waals surface area contributed by atoms with Gasteiger partial charge in [0.25, 0.3) is 5.91 Å². The first kappa shape index (κ1) is 14.6. The van der Waals surface area contributed by atoms with Crippen LogP contribution in [0.2, 0.25) is 0 Å².